The Balaban J connectivity index is 2.51. The molecule has 0 aliphatic rings. The van der Waals surface area contributed by atoms with Gasteiger partial charge < -0.3 is 5.32 Å². The normalized spacial score (nSPS) is 12.6. The average Bonchev–Trinajstić information content (AvgIpc) is 2.39. The molecule has 0 amide bonds. The lowest BCUT2D eigenvalue weighted by atomic mass is 10.0. The van der Waals surface area contributed by atoms with Crippen molar-refractivity contribution in [1.29, 1.82) is 0 Å². The molecule has 0 saturated heterocycles. The van der Waals surface area contributed by atoms with E-state index in [1.165, 1.54) is 37.7 Å². The monoisotopic (exact) mass is 251 g/mol. The first kappa shape index (κ1) is 15.2. The fourth-order valence-corrected chi connectivity index (χ4v) is 2.14. The van der Waals surface area contributed by atoms with Gasteiger partial charge in [0.1, 0.15) is 5.82 Å². The van der Waals surface area contributed by atoms with Crippen molar-refractivity contribution in [3.63, 3.8) is 0 Å². The maximum absolute atomic E-state index is 12.9. The summed E-state index contributed by atoms with van der Waals surface area (Å²) in [5.74, 6) is -0.154. The molecule has 1 N–H and O–H groups in total. The first-order chi connectivity index (χ1) is 8.77. The molecule has 0 aliphatic carbocycles. The van der Waals surface area contributed by atoms with Gasteiger partial charge in [0.15, 0.2) is 0 Å². The van der Waals surface area contributed by atoms with E-state index in [9.17, 15) is 4.39 Å². The summed E-state index contributed by atoms with van der Waals surface area (Å²) in [7, 11) is 0. The van der Waals surface area contributed by atoms with Crippen LogP contribution in [0.3, 0.4) is 0 Å². The molecular weight excluding hydrogens is 225 g/mol. The van der Waals surface area contributed by atoms with Gasteiger partial charge in [0, 0.05) is 6.04 Å². The van der Waals surface area contributed by atoms with Crippen molar-refractivity contribution in [3.05, 3.63) is 35.6 Å². The molecule has 18 heavy (non-hydrogen) atoms. The van der Waals surface area contributed by atoms with Gasteiger partial charge in [-0.3, -0.25) is 0 Å². The predicted octanol–water partition coefficient (Wildman–Crippen LogP) is 4.84. The first-order valence-corrected chi connectivity index (χ1v) is 7.26. The van der Waals surface area contributed by atoms with Crippen molar-refractivity contribution < 1.29 is 4.39 Å². The highest BCUT2D eigenvalue weighted by Crippen LogP contribution is 2.19. The zero-order chi connectivity index (χ0) is 13.2. The predicted molar refractivity (Wildman–Crippen MR) is 76.2 cm³/mol. The SMILES string of the molecule is CCCCCNC(CCCC)c1ccc(F)cc1. The highest BCUT2D eigenvalue weighted by Gasteiger charge is 2.09. The van der Waals surface area contributed by atoms with Crippen LogP contribution >= 0.6 is 0 Å². The Labute approximate surface area is 111 Å². The van der Waals surface area contributed by atoms with Crippen molar-refractivity contribution in [1.82, 2.24) is 5.32 Å². The van der Waals surface area contributed by atoms with Gasteiger partial charge in [-0.15, -0.1) is 0 Å². The summed E-state index contributed by atoms with van der Waals surface area (Å²) in [5.41, 5.74) is 1.21. The molecule has 0 fully saturated rings. The van der Waals surface area contributed by atoms with E-state index in [0.29, 0.717) is 6.04 Å². The number of hydrogen-bond donors (Lipinski definition) is 1. The number of benzene rings is 1. The lowest BCUT2D eigenvalue weighted by molar-refractivity contribution is 0.469. The van der Waals surface area contributed by atoms with Crippen molar-refractivity contribution in [3.8, 4) is 0 Å². The Kier molecular flexibility index (Phi) is 7.66. The second-order valence-corrected chi connectivity index (χ2v) is 4.91. The van der Waals surface area contributed by atoms with Crippen LogP contribution in [-0.4, -0.2) is 6.54 Å². The van der Waals surface area contributed by atoms with Crippen LogP contribution in [0.2, 0.25) is 0 Å². The van der Waals surface area contributed by atoms with Crippen LogP contribution < -0.4 is 5.32 Å². The van der Waals surface area contributed by atoms with E-state index in [2.05, 4.69) is 19.2 Å². The Morgan fingerprint density at radius 3 is 2.28 bits per heavy atom. The zero-order valence-electron chi connectivity index (χ0n) is 11.7. The molecule has 0 heterocycles. The van der Waals surface area contributed by atoms with Crippen molar-refractivity contribution in [2.75, 3.05) is 6.54 Å². The molecule has 1 unspecified atom stereocenters. The van der Waals surface area contributed by atoms with Crippen LogP contribution in [0.25, 0.3) is 0 Å². The molecule has 0 radical (unpaired) electrons. The summed E-state index contributed by atoms with van der Waals surface area (Å²) in [6.45, 7) is 5.48. The van der Waals surface area contributed by atoms with Crippen LogP contribution in [0, 0.1) is 5.82 Å². The number of unbranched alkanes of at least 4 members (excludes halogenated alkanes) is 3. The molecule has 0 aromatic heterocycles. The average molecular weight is 251 g/mol. The maximum Gasteiger partial charge on any atom is 0.123 e. The molecule has 1 atom stereocenters. The fraction of sp³-hybridized carbons (Fsp3) is 0.625. The third kappa shape index (κ3) is 5.63. The van der Waals surface area contributed by atoms with Gasteiger partial charge in [-0.2, -0.15) is 0 Å². The summed E-state index contributed by atoms with van der Waals surface area (Å²) in [6, 6.07) is 7.30. The molecular formula is C16H26FN. The maximum atomic E-state index is 12.9. The molecule has 2 heteroatoms. The molecule has 1 rings (SSSR count). The van der Waals surface area contributed by atoms with E-state index in [1.54, 1.807) is 12.1 Å². The molecule has 1 aromatic carbocycles. The van der Waals surface area contributed by atoms with Crippen LogP contribution in [-0.2, 0) is 0 Å². The first-order valence-electron chi connectivity index (χ1n) is 7.26. The number of rotatable bonds is 9. The van der Waals surface area contributed by atoms with Crippen LogP contribution in [0.5, 0.6) is 0 Å². The lowest BCUT2D eigenvalue weighted by Gasteiger charge is -2.19. The van der Waals surface area contributed by atoms with Gasteiger partial charge in [0.05, 0.1) is 0 Å². The van der Waals surface area contributed by atoms with Gasteiger partial charge in [-0.25, -0.2) is 4.39 Å². The summed E-state index contributed by atoms with van der Waals surface area (Å²) in [6.07, 6.45) is 7.29. The van der Waals surface area contributed by atoms with E-state index < -0.39 is 0 Å². The molecule has 102 valence electrons. The van der Waals surface area contributed by atoms with Crippen LogP contribution in [0.15, 0.2) is 24.3 Å². The highest BCUT2D eigenvalue weighted by atomic mass is 19.1. The largest absolute Gasteiger partial charge is 0.310 e. The smallest absolute Gasteiger partial charge is 0.123 e. The van der Waals surface area contributed by atoms with E-state index in [4.69, 9.17) is 0 Å². The topological polar surface area (TPSA) is 12.0 Å². The van der Waals surface area contributed by atoms with Gasteiger partial charge >= 0.3 is 0 Å². The molecule has 1 nitrogen and oxygen atoms in total. The fourth-order valence-electron chi connectivity index (χ4n) is 2.14. The van der Waals surface area contributed by atoms with Crippen LogP contribution in [0.1, 0.15) is 64.0 Å². The summed E-state index contributed by atoms with van der Waals surface area (Å²) < 4.78 is 12.9. The van der Waals surface area contributed by atoms with Gasteiger partial charge in [-0.1, -0.05) is 51.7 Å². The van der Waals surface area contributed by atoms with Gasteiger partial charge in [-0.05, 0) is 37.1 Å². The second-order valence-electron chi connectivity index (χ2n) is 4.91. The van der Waals surface area contributed by atoms with E-state index in [0.717, 1.165) is 13.0 Å². The Hall–Kier alpha value is -0.890. The summed E-state index contributed by atoms with van der Waals surface area (Å²) in [4.78, 5) is 0. The minimum Gasteiger partial charge on any atom is -0.310 e. The van der Waals surface area contributed by atoms with Crippen molar-refractivity contribution >= 4 is 0 Å². The standard InChI is InChI=1S/C16H26FN/c1-3-5-7-13-18-16(8-6-4-2)14-9-11-15(17)12-10-14/h9-12,16,18H,3-8,13H2,1-2H3. The number of hydrogen-bond acceptors (Lipinski definition) is 1. The van der Waals surface area contributed by atoms with E-state index in [-0.39, 0.29) is 5.82 Å². The molecule has 0 saturated carbocycles. The van der Waals surface area contributed by atoms with Crippen LogP contribution in [0.4, 0.5) is 4.39 Å². The number of nitrogens with one attached hydrogen (secondary N) is 1. The van der Waals surface area contributed by atoms with Gasteiger partial charge in [0.25, 0.3) is 0 Å². The third-order valence-corrected chi connectivity index (χ3v) is 3.29. The quantitative estimate of drug-likeness (QED) is 0.619. The molecule has 1 aromatic rings. The molecule has 0 aliphatic heterocycles. The lowest BCUT2D eigenvalue weighted by Crippen LogP contribution is -2.22. The zero-order valence-corrected chi connectivity index (χ0v) is 11.7. The summed E-state index contributed by atoms with van der Waals surface area (Å²) >= 11 is 0. The highest BCUT2D eigenvalue weighted by molar-refractivity contribution is 5.19. The molecule has 0 spiro atoms. The second kappa shape index (κ2) is 9.09. The minimum absolute atomic E-state index is 0.154. The Morgan fingerprint density at radius 1 is 1.00 bits per heavy atom. The Bertz CT molecular complexity index is 307. The summed E-state index contributed by atoms with van der Waals surface area (Å²) in [5, 5.41) is 3.60. The minimum atomic E-state index is -0.154. The number of halogens is 1. The van der Waals surface area contributed by atoms with Gasteiger partial charge in [0.2, 0.25) is 0 Å². The molecule has 0 bridgehead atoms. The van der Waals surface area contributed by atoms with E-state index in [1.807, 2.05) is 12.1 Å². The van der Waals surface area contributed by atoms with E-state index >= 15 is 0 Å². The van der Waals surface area contributed by atoms with Crippen molar-refractivity contribution in [2.45, 2.75) is 58.4 Å². The van der Waals surface area contributed by atoms with Crippen molar-refractivity contribution in [2.24, 2.45) is 0 Å². The third-order valence-electron chi connectivity index (χ3n) is 3.29. The Morgan fingerprint density at radius 2 is 1.67 bits per heavy atom.